The number of ether oxygens (including phenoxy) is 1. The smallest absolute Gasteiger partial charge is 0.332 e. The number of carbonyl (C=O) groups excluding carboxylic acids is 1. The van der Waals surface area contributed by atoms with Crippen LogP contribution in [0.5, 0.6) is 0 Å². The van der Waals surface area contributed by atoms with E-state index in [2.05, 4.69) is 0 Å². The first-order valence-electron chi connectivity index (χ1n) is 7.36. The standard InChI is InChI=1S/C15H16N2O6/c1-8-6-9-4-5-16(11(9)7-10(8)17(21)22)14(18)12-2-3-13(23-12)15(19)20/h6-7,12-13H,2-5H2,1H3,(H,19,20)/t12-,13+/m0/s1. The summed E-state index contributed by atoms with van der Waals surface area (Å²) in [6.07, 6.45) is -0.508. The minimum absolute atomic E-state index is 0.0285. The second kappa shape index (κ2) is 5.62. The molecule has 1 amide bonds. The molecular formula is C15H16N2O6. The van der Waals surface area contributed by atoms with E-state index >= 15 is 0 Å². The molecule has 23 heavy (non-hydrogen) atoms. The Morgan fingerprint density at radius 3 is 2.65 bits per heavy atom. The number of fused-ring (bicyclic) bond motifs is 1. The Morgan fingerprint density at radius 2 is 2.04 bits per heavy atom. The number of nitrogens with zero attached hydrogens (tertiary/aromatic N) is 2. The van der Waals surface area contributed by atoms with Gasteiger partial charge in [-0.3, -0.25) is 14.9 Å². The number of aryl methyl sites for hydroxylation is 1. The highest BCUT2D eigenvalue weighted by Gasteiger charge is 2.39. The molecule has 1 fully saturated rings. The van der Waals surface area contributed by atoms with Crippen LogP contribution >= 0.6 is 0 Å². The van der Waals surface area contributed by atoms with Crippen molar-refractivity contribution in [2.45, 2.75) is 38.4 Å². The minimum Gasteiger partial charge on any atom is -0.479 e. The lowest BCUT2D eigenvalue weighted by Gasteiger charge is -2.21. The molecule has 0 bridgehead atoms. The molecule has 2 aliphatic heterocycles. The van der Waals surface area contributed by atoms with Crippen LogP contribution in [0.4, 0.5) is 11.4 Å². The summed E-state index contributed by atoms with van der Waals surface area (Å²) in [7, 11) is 0. The summed E-state index contributed by atoms with van der Waals surface area (Å²) in [5.41, 5.74) is 1.94. The van der Waals surface area contributed by atoms with Crippen LogP contribution in [0.2, 0.25) is 0 Å². The van der Waals surface area contributed by atoms with E-state index in [1.165, 1.54) is 11.0 Å². The van der Waals surface area contributed by atoms with Crippen molar-refractivity contribution < 1.29 is 24.4 Å². The molecule has 8 heteroatoms. The summed E-state index contributed by atoms with van der Waals surface area (Å²) in [4.78, 5) is 35.6. The third-order valence-corrected chi connectivity index (χ3v) is 4.33. The van der Waals surface area contributed by atoms with Crippen molar-refractivity contribution in [2.75, 3.05) is 11.4 Å². The van der Waals surface area contributed by atoms with Gasteiger partial charge < -0.3 is 14.7 Å². The molecule has 0 saturated carbocycles. The van der Waals surface area contributed by atoms with E-state index in [-0.39, 0.29) is 11.6 Å². The third kappa shape index (κ3) is 2.65. The number of aliphatic carboxylic acids is 1. The van der Waals surface area contributed by atoms with E-state index in [9.17, 15) is 19.7 Å². The van der Waals surface area contributed by atoms with Crippen molar-refractivity contribution in [3.63, 3.8) is 0 Å². The summed E-state index contributed by atoms with van der Waals surface area (Å²) in [6, 6.07) is 3.15. The average Bonchev–Trinajstić information content (AvgIpc) is 3.12. The van der Waals surface area contributed by atoms with Crippen LogP contribution in [0.15, 0.2) is 12.1 Å². The molecule has 3 rings (SSSR count). The van der Waals surface area contributed by atoms with Crippen LogP contribution in [0.3, 0.4) is 0 Å². The van der Waals surface area contributed by atoms with Gasteiger partial charge in [0.15, 0.2) is 6.10 Å². The van der Waals surface area contributed by atoms with Crippen molar-refractivity contribution in [1.29, 1.82) is 0 Å². The van der Waals surface area contributed by atoms with E-state index < -0.39 is 23.1 Å². The number of rotatable bonds is 3. The van der Waals surface area contributed by atoms with Gasteiger partial charge in [0, 0.05) is 18.2 Å². The molecule has 0 aliphatic carbocycles. The maximum Gasteiger partial charge on any atom is 0.332 e. The molecule has 122 valence electrons. The fourth-order valence-corrected chi connectivity index (χ4v) is 3.15. The number of nitro benzene ring substituents is 1. The number of carboxylic acids is 1. The number of carbonyl (C=O) groups is 2. The minimum atomic E-state index is -1.08. The number of amides is 1. The quantitative estimate of drug-likeness (QED) is 0.666. The maximum atomic E-state index is 12.6. The molecule has 2 heterocycles. The van der Waals surface area contributed by atoms with Gasteiger partial charge in [-0.05, 0) is 37.8 Å². The second-order valence-corrected chi connectivity index (χ2v) is 5.79. The third-order valence-electron chi connectivity index (χ3n) is 4.33. The summed E-state index contributed by atoms with van der Waals surface area (Å²) in [5.74, 6) is -1.40. The van der Waals surface area contributed by atoms with Gasteiger partial charge in [0.25, 0.3) is 11.6 Å². The lowest BCUT2D eigenvalue weighted by atomic mass is 10.1. The number of hydrogen-bond donors (Lipinski definition) is 1. The summed E-state index contributed by atoms with van der Waals surface area (Å²) < 4.78 is 5.29. The monoisotopic (exact) mass is 320 g/mol. The molecule has 1 aromatic rings. The number of anilines is 1. The summed E-state index contributed by atoms with van der Waals surface area (Å²) >= 11 is 0. The van der Waals surface area contributed by atoms with Gasteiger partial charge in [-0.2, -0.15) is 0 Å². The predicted octanol–water partition coefficient (Wildman–Crippen LogP) is 1.42. The Bertz CT molecular complexity index is 701. The van der Waals surface area contributed by atoms with Crippen molar-refractivity contribution in [2.24, 2.45) is 0 Å². The van der Waals surface area contributed by atoms with E-state index in [1.54, 1.807) is 13.0 Å². The lowest BCUT2D eigenvalue weighted by molar-refractivity contribution is -0.385. The van der Waals surface area contributed by atoms with Crippen molar-refractivity contribution in [3.05, 3.63) is 33.4 Å². The molecule has 0 radical (unpaired) electrons. The zero-order valence-electron chi connectivity index (χ0n) is 12.5. The molecule has 1 saturated heterocycles. The Morgan fingerprint density at radius 1 is 1.35 bits per heavy atom. The number of benzene rings is 1. The first-order chi connectivity index (χ1) is 10.9. The van der Waals surface area contributed by atoms with Crippen LogP contribution in [-0.4, -0.2) is 40.7 Å². The molecule has 1 N–H and O–H groups in total. The molecular weight excluding hydrogens is 304 g/mol. The molecule has 0 aromatic heterocycles. The van der Waals surface area contributed by atoms with Gasteiger partial charge in [0.2, 0.25) is 0 Å². The van der Waals surface area contributed by atoms with Crippen molar-refractivity contribution >= 4 is 23.3 Å². The van der Waals surface area contributed by atoms with Gasteiger partial charge in [0.1, 0.15) is 6.10 Å². The van der Waals surface area contributed by atoms with Crippen LogP contribution in [0.25, 0.3) is 0 Å². The second-order valence-electron chi connectivity index (χ2n) is 5.79. The molecule has 0 spiro atoms. The molecule has 0 unspecified atom stereocenters. The van der Waals surface area contributed by atoms with Gasteiger partial charge in [-0.25, -0.2) is 4.79 Å². The van der Waals surface area contributed by atoms with Crippen LogP contribution in [-0.2, 0) is 20.7 Å². The molecule has 2 atom stereocenters. The first kappa shape index (κ1) is 15.4. The van der Waals surface area contributed by atoms with E-state index in [1.807, 2.05) is 0 Å². The Labute approximate surface area is 131 Å². The summed E-state index contributed by atoms with van der Waals surface area (Å²) in [5, 5.41) is 20.0. The normalized spacial score (nSPS) is 22.9. The summed E-state index contributed by atoms with van der Waals surface area (Å²) in [6.45, 7) is 2.09. The number of carboxylic acid groups (broad SMARTS) is 1. The molecule has 1 aromatic carbocycles. The highest BCUT2D eigenvalue weighted by Crippen LogP contribution is 2.35. The molecule has 2 aliphatic rings. The van der Waals surface area contributed by atoms with Crippen LogP contribution in [0.1, 0.15) is 24.0 Å². The topological polar surface area (TPSA) is 110 Å². The highest BCUT2D eigenvalue weighted by atomic mass is 16.6. The zero-order valence-corrected chi connectivity index (χ0v) is 12.5. The zero-order chi connectivity index (χ0) is 16.7. The van der Waals surface area contributed by atoms with Gasteiger partial charge >= 0.3 is 5.97 Å². The molecule has 8 nitrogen and oxygen atoms in total. The largest absolute Gasteiger partial charge is 0.479 e. The first-order valence-corrected chi connectivity index (χ1v) is 7.36. The van der Waals surface area contributed by atoms with Gasteiger partial charge in [0.05, 0.1) is 10.6 Å². The number of hydrogen-bond acceptors (Lipinski definition) is 5. The van der Waals surface area contributed by atoms with Crippen molar-refractivity contribution in [3.8, 4) is 0 Å². The van der Waals surface area contributed by atoms with Gasteiger partial charge in [-0.1, -0.05) is 0 Å². The lowest BCUT2D eigenvalue weighted by Crippen LogP contribution is -2.38. The van der Waals surface area contributed by atoms with E-state index in [0.29, 0.717) is 37.1 Å². The fraction of sp³-hybridized carbons (Fsp3) is 0.467. The Hall–Kier alpha value is -2.48. The fourth-order valence-electron chi connectivity index (χ4n) is 3.15. The van der Waals surface area contributed by atoms with E-state index in [0.717, 1.165) is 5.56 Å². The van der Waals surface area contributed by atoms with Crippen LogP contribution < -0.4 is 4.90 Å². The van der Waals surface area contributed by atoms with Crippen LogP contribution in [0, 0.1) is 17.0 Å². The highest BCUT2D eigenvalue weighted by molar-refractivity contribution is 5.99. The Kier molecular flexibility index (Phi) is 3.77. The van der Waals surface area contributed by atoms with Gasteiger partial charge in [-0.15, -0.1) is 0 Å². The SMILES string of the molecule is Cc1cc2c(cc1[N+](=O)[O-])N(C(=O)[C@@H]1CC[C@H](C(=O)O)O1)CC2. The maximum absolute atomic E-state index is 12.6. The van der Waals surface area contributed by atoms with E-state index in [4.69, 9.17) is 9.84 Å². The predicted molar refractivity (Wildman–Crippen MR) is 79.4 cm³/mol. The Balaban J connectivity index is 1.85. The van der Waals surface area contributed by atoms with Crippen molar-refractivity contribution in [1.82, 2.24) is 0 Å². The average molecular weight is 320 g/mol. The number of nitro groups is 1.